The van der Waals surface area contributed by atoms with Crippen LogP contribution in [0.15, 0.2) is 78.9 Å². The van der Waals surface area contributed by atoms with Gasteiger partial charge in [-0.2, -0.15) is 0 Å². The maximum absolute atomic E-state index is 13.5. The van der Waals surface area contributed by atoms with Crippen LogP contribution in [0, 0.1) is 6.92 Å². The highest BCUT2D eigenvalue weighted by atomic mass is 16.2. The molecule has 1 heterocycles. The van der Waals surface area contributed by atoms with Gasteiger partial charge in [0, 0.05) is 24.7 Å². The van der Waals surface area contributed by atoms with E-state index in [9.17, 15) is 9.59 Å². The van der Waals surface area contributed by atoms with Crippen molar-refractivity contribution >= 4 is 28.5 Å². The molecule has 1 N–H and O–H groups in total. The normalized spacial score (nSPS) is 11.2. The van der Waals surface area contributed by atoms with E-state index >= 15 is 0 Å². The van der Waals surface area contributed by atoms with Crippen LogP contribution >= 0.6 is 0 Å². The van der Waals surface area contributed by atoms with Gasteiger partial charge in [0.25, 0.3) is 0 Å². The van der Waals surface area contributed by atoms with Crippen LogP contribution in [0.2, 0.25) is 0 Å². The molecule has 0 aliphatic heterocycles. The molecule has 0 unspecified atom stereocenters. The number of aromatic nitrogens is 2. The third kappa shape index (κ3) is 6.88. The summed E-state index contributed by atoms with van der Waals surface area (Å²) in [5, 5.41) is 3.04. The third-order valence-electron chi connectivity index (χ3n) is 6.86. The van der Waals surface area contributed by atoms with E-state index in [-0.39, 0.29) is 24.4 Å². The zero-order valence-corrected chi connectivity index (χ0v) is 22.7. The molecule has 0 bridgehead atoms. The number of amides is 2. The Morgan fingerprint density at radius 1 is 0.895 bits per heavy atom. The monoisotopic (exact) mass is 510 g/mol. The van der Waals surface area contributed by atoms with Gasteiger partial charge in [-0.15, -0.1) is 0 Å². The van der Waals surface area contributed by atoms with Crippen LogP contribution in [0.5, 0.6) is 0 Å². The lowest BCUT2D eigenvalue weighted by atomic mass is 10.1. The Labute approximate surface area is 225 Å². The Morgan fingerprint density at radius 3 is 2.37 bits per heavy atom. The fourth-order valence-corrected chi connectivity index (χ4v) is 4.88. The van der Waals surface area contributed by atoms with Gasteiger partial charge in [-0.3, -0.25) is 9.59 Å². The summed E-state index contributed by atoms with van der Waals surface area (Å²) < 4.78 is 2.07. The number of carbonyl (C=O) groups is 2. The Kier molecular flexibility index (Phi) is 9.30. The number of nitrogens with one attached hydrogen (secondary N) is 1. The average molecular weight is 511 g/mol. The number of nitrogens with zero attached hydrogens (tertiary/aromatic N) is 3. The van der Waals surface area contributed by atoms with Crippen molar-refractivity contribution in [1.82, 2.24) is 14.9 Å². The molecule has 198 valence electrons. The number of imidazole rings is 1. The van der Waals surface area contributed by atoms with Gasteiger partial charge in [-0.25, -0.2) is 4.98 Å². The predicted octanol–water partition coefficient (Wildman–Crippen LogP) is 5.86. The molecule has 2 amide bonds. The number of anilines is 1. The summed E-state index contributed by atoms with van der Waals surface area (Å²) in [5.74, 6) is 1.04. The molecule has 1 aromatic heterocycles. The molecule has 0 fully saturated rings. The van der Waals surface area contributed by atoms with Gasteiger partial charge >= 0.3 is 0 Å². The van der Waals surface area contributed by atoms with Crippen LogP contribution in [0.4, 0.5) is 5.69 Å². The Hall–Kier alpha value is -3.93. The topological polar surface area (TPSA) is 67.2 Å². The number of fused-ring (bicyclic) bond motifs is 1. The number of benzene rings is 3. The van der Waals surface area contributed by atoms with E-state index in [1.165, 1.54) is 0 Å². The minimum absolute atomic E-state index is 0.0455. The van der Waals surface area contributed by atoms with E-state index in [0.717, 1.165) is 59.4 Å². The maximum Gasteiger partial charge on any atom is 0.247 e. The number of aryl methyl sites for hydroxylation is 2. The number of hydrogen-bond acceptors (Lipinski definition) is 3. The number of carbonyl (C=O) groups excluding carboxylic acids is 2. The zero-order chi connectivity index (χ0) is 26.9. The number of hydrogen-bond donors (Lipinski definition) is 1. The second kappa shape index (κ2) is 13.0. The lowest BCUT2D eigenvalue weighted by Gasteiger charge is -2.27. The van der Waals surface area contributed by atoms with Crippen LogP contribution in [-0.4, -0.2) is 34.0 Å². The molecule has 6 heteroatoms. The average Bonchev–Trinajstić information content (AvgIpc) is 3.25. The van der Waals surface area contributed by atoms with Crippen molar-refractivity contribution < 1.29 is 9.59 Å². The molecule has 4 aromatic rings. The molecule has 0 spiro atoms. The van der Waals surface area contributed by atoms with Crippen molar-refractivity contribution in [2.45, 2.75) is 65.5 Å². The second-order valence-electron chi connectivity index (χ2n) is 10.1. The van der Waals surface area contributed by atoms with Crippen molar-refractivity contribution in [1.29, 1.82) is 0 Å². The largest absolute Gasteiger partial charge is 0.356 e. The number of unbranched alkanes of at least 4 members (excludes halogenated alkanes) is 2. The molecule has 3 aromatic carbocycles. The number of rotatable bonds is 12. The first-order valence-electron chi connectivity index (χ1n) is 13.6. The second-order valence-corrected chi connectivity index (χ2v) is 10.1. The standard InChI is InChI=1S/C32H38N4O2/c1-24(2)36(27-16-6-4-7-17-27)32(38)23-35-29-19-12-11-18-28(29)34-30(35)20-8-5-13-21-33-31(37)22-26-15-10-9-14-25(26)3/h4,6-7,9-12,14-19,24H,5,8,13,20-23H2,1-3H3,(H,33,37). The first kappa shape index (κ1) is 27.1. The SMILES string of the molecule is Cc1ccccc1CC(=O)NCCCCCc1nc2ccccc2n1CC(=O)N(c1ccccc1)C(C)C. The first-order chi connectivity index (χ1) is 18.4. The summed E-state index contributed by atoms with van der Waals surface area (Å²) in [6.07, 6.45) is 4.03. The molecule has 0 atom stereocenters. The summed E-state index contributed by atoms with van der Waals surface area (Å²) in [6.45, 7) is 7.03. The lowest BCUT2D eigenvalue weighted by Crippen LogP contribution is -2.39. The maximum atomic E-state index is 13.5. The van der Waals surface area contributed by atoms with E-state index in [0.29, 0.717) is 13.0 Å². The quantitative estimate of drug-likeness (QED) is 0.243. The van der Waals surface area contributed by atoms with Gasteiger partial charge in [-0.05, 0) is 69.0 Å². The third-order valence-corrected chi connectivity index (χ3v) is 6.86. The zero-order valence-electron chi connectivity index (χ0n) is 22.7. The molecule has 0 aliphatic rings. The van der Waals surface area contributed by atoms with Gasteiger partial charge < -0.3 is 14.8 Å². The lowest BCUT2D eigenvalue weighted by molar-refractivity contribution is -0.120. The van der Waals surface area contributed by atoms with Crippen LogP contribution in [0.1, 0.15) is 50.1 Å². The summed E-state index contributed by atoms with van der Waals surface area (Å²) >= 11 is 0. The first-order valence-corrected chi connectivity index (χ1v) is 13.6. The molecule has 0 saturated carbocycles. The molecule has 6 nitrogen and oxygen atoms in total. The van der Waals surface area contributed by atoms with Crippen LogP contribution in [0.25, 0.3) is 11.0 Å². The van der Waals surface area contributed by atoms with Crippen molar-refractivity contribution in [3.05, 3.63) is 95.8 Å². The molecule has 0 saturated heterocycles. The fourth-order valence-electron chi connectivity index (χ4n) is 4.88. The Balaban J connectivity index is 1.34. The van der Waals surface area contributed by atoms with Gasteiger partial charge in [0.2, 0.25) is 11.8 Å². The minimum Gasteiger partial charge on any atom is -0.356 e. The van der Waals surface area contributed by atoms with E-state index in [1.54, 1.807) is 0 Å². The summed E-state index contributed by atoms with van der Waals surface area (Å²) in [5.41, 5.74) is 5.01. The Bertz CT molecular complexity index is 1360. The van der Waals surface area contributed by atoms with E-state index in [4.69, 9.17) is 4.98 Å². The van der Waals surface area contributed by atoms with Crippen molar-refractivity contribution in [2.75, 3.05) is 11.4 Å². The predicted molar refractivity (Wildman–Crippen MR) is 154 cm³/mol. The highest BCUT2D eigenvalue weighted by Gasteiger charge is 2.21. The molecule has 0 radical (unpaired) electrons. The molecular weight excluding hydrogens is 472 g/mol. The minimum atomic E-state index is 0.0455. The summed E-state index contributed by atoms with van der Waals surface area (Å²) in [4.78, 5) is 32.6. The molecule has 0 aliphatic carbocycles. The van der Waals surface area contributed by atoms with Gasteiger partial charge in [0.1, 0.15) is 12.4 Å². The Morgan fingerprint density at radius 2 is 1.61 bits per heavy atom. The molecular formula is C32H38N4O2. The van der Waals surface area contributed by atoms with Crippen molar-refractivity contribution in [3.8, 4) is 0 Å². The highest BCUT2D eigenvalue weighted by Crippen LogP contribution is 2.21. The van der Waals surface area contributed by atoms with Crippen LogP contribution < -0.4 is 10.2 Å². The molecule has 4 rings (SSSR count). The van der Waals surface area contributed by atoms with E-state index in [1.807, 2.05) is 105 Å². The van der Waals surface area contributed by atoms with E-state index in [2.05, 4.69) is 9.88 Å². The van der Waals surface area contributed by atoms with Crippen molar-refractivity contribution in [2.24, 2.45) is 0 Å². The van der Waals surface area contributed by atoms with Crippen LogP contribution in [0.3, 0.4) is 0 Å². The summed E-state index contributed by atoms with van der Waals surface area (Å²) in [6, 6.07) is 25.9. The smallest absolute Gasteiger partial charge is 0.247 e. The fraction of sp³-hybridized carbons (Fsp3) is 0.344. The van der Waals surface area contributed by atoms with Crippen LogP contribution in [-0.2, 0) is 29.0 Å². The van der Waals surface area contributed by atoms with Gasteiger partial charge in [-0.1, -0.05) is 61.0 Å². The van der Waals surface area contributed by atoms with E-state index < -0.39 is 0 Å². The molecule has 38 heavy (non-hydrogen) atoms. The number of para-hydroxylation sites is 3. The highest BCUT2D eigenvalue weighted by molar-refractivity contribution is 5.94. The summed E-state index contributed by atoms with van der Waals surface area (Å²) in [7, 11) is 0. The van der Waals surface area contributed by atoms with Gasteiger partial charge in [0.15, 0.2) is 0 Å². The van der Waals surface area contributed by atoms with Crippen molar-refractivity contribution in [3.63, 3.8) is 0 Å². The van der Waals surface area contributed by atoms with Gasteiger partial charge in [0.05, 0.1) is 17.5 Å².